The predicted molar refractivity (Wildman–Crippen MR) is 82.6 cm³/mol. The molecule has 0 radical (unpaired) electrons. The number of nitrogens with one attached hydrogen (secondary N) is 1. The number of rotatable bonds is 4. The molecule has 1 amide bonds. The molecule has 21 heavy (non-hydrogen) atoms. The van der Waals surface area contributed by atoms with Crippen molar-refractivity contribution in [2.45, 2.75) is 58.6 Å². The predicted octanol–water partition coefficient (Wildman–Crippen LogP) is 2.41. The summed E-state index contributed by atoms with van der Waals surface area (Å²) in [5, 5.41) is 12.7. The summed E-state index contributed by atoms with van der Waals surface area (Å²) >= 11 is 0. The van der Waals surface area contributed by atoms with E-state index < -0.39 is 6.10 Å². The molecule has 0 spiro atoms. The Morgan fingerprint density at radius 1 is 1.24 bits per heavy atom. The monoisotopic (exact) mass is 291 g/mol. The van der Waals surface area contributed by atoms with Gasteiger partial charge in [-0.05, 0) is 44.7 Å². The molecule has 2 rings (SSSR count). The van der Waals surface area contributed by atoms with Crippen LogP contribution in [0.3, 0.4) is 0 Å². The molecule has 2 atom stereocenters. The molecule has 0 saturated heterocycles. The maximum atomic E-state index is 12.0. The van der Waals surface area contributed by atoms with E-state index in [0.29, 0.717) is 0 Å². The normalized spacial score (nSPS) is 21.9. The Bertz CT molecular complexity index is 490. The molecule has 4 nitrogen and oxygen atoms in total. The number of ether oxygens (including phenoxy) is 1. The molecule has 116 valence electrons. The van der Waals surface area contributed by atoms with Crippen molar-refractivity contribution in [1.82, 2.24) is 5.32 Å². The van der Waals surface area contributed by atoms with E-state index in [9.17, 15) is 9.90 Å². The Labute approximate surface area is 126 Å². The molecule has 1 saturated carbocycles. The van der Waals surface area contributed by atoms with Gasteiger partial charge < -0.3 is 15.2 Å². The van der Waals surface area contributed by atoms with Gasteiger partial charge in [-0.2, -0.15) is 0 Å². The summed E-state index contributed by atoms with van der Waals surface area (Å²) in [6, 6.07) is 3.96. The lowest BCUT2D eigenvalue weighted by atomic mass is 9.92. The average molecular weight is 291 g/mol. The van der Waals surface area contributed by atoms with Gasteiger partial charge in [-0.3, -0.25) is 4.79 Å². The van der Waals surface area contributed by atoms with Crippen LogP contribution < -0.4 is 10.1 Å². The molecule has 1 aromatic carbocycles. The lowest BCUT2D eigenvalue weighted by Gasteiger charge is -2.28. The molecule has 1 aliphatic carbocycles. The molecular formula is C17H25NO3. The van der Waals surface area contributed by atoms with Crippen molar-refractivity contribution < 1.29 is 14.6 Å². The summed E-state index contributed by atoms with van der Waals surface area (Å²) in [5.41, 5.74) is 3.27. The summed E-state index contributed by atoms with van der Waals surface area (Å²) in [6.45, 7) is 6.01. The van der Waals surface area contributed by atoms with Crippen LogP contribution in [0.5, 0.6) is 5.75 Å². The van der Waals surface area contributed by atoms with Crippen LogP contribution in [0.1, 0.15) is 42.4 Å². The molecule has 0 aromatic heterocycles. The zero-order valence-corrected chi connectivity index (χ0v) is 13.1. The highest BCUT2D eigenvalue weighted by Crippen LogP contribution is 2.24. The van der Waals surface area contributed by atoms with Gasteiger partial charge in [0.25, 0.3) is 5.91 Å². The van der Waals surface area contributed by atoms with Gasteiger partial charge in [0.1, 0.15) is 5.75 Å². The van der Waals surface area contributed by atoms with Gasteiger partial charge in [-0.15, -0.1) is 0 Å². The van der Waals surface area contributed by atoms with Gasteiger partial charge in [-0.1, -0.05) is 30.5 Å². The molecule has 0 aliphatic heterocycles. The maximum Gasteiger partial charge on any atom is 0.258 e. The van der Waals surface area contributed by atoms with Crippen molar-refractivity contribution in [3.63, 3.8) is 0 Å². The van der Waals surface area contributed by atoms with Crippen molar-refractivity contribution in [3.05, 3.63) is 28.8 Å². The first kappa shape index (κ1) is 15.8. The van der Waals surface area contributed by atoms with Crippen LogP contribution in [-0.2, 0) is 4.79 Å². The minimum atomic E-state index is -0.425. The SMILES string of the molecule is Cc1cc(C)c(OCC(=O)N[C@H]2CCCC[C@@H]2O)c(C)c1. The van der Waals surface area contributed by atoms with Gasteiger partial charge in [0, 0.05) is 0 Å². The third-order valence-electron chi connectivity index (χ3n) is 4.03. The third-order valence-corrected chi connectivity index (χ3v) is 4.03. The van der Waals surface area contributed by atoms with Crippen molar-refractivity contribution in [3.8, 4) is 5.75 Å². The zero-order chi connectivity index (χ0) is 15.4. The minimum Gasteiger partial charge on any atom is -0.483 e. The maximum absolute atomic E-state index is 12.0. The standard InChI is InChI=1S/C17H25NO3/c1-11-8-12(2)17(13(3)9-11)21-10-16(20)18-14-6-4-5-7-15(14)19/h8-9,14-15,19H,4-7,10H2,1-3H3,(H,18,20)/t14-,15-/m0/s1. The Balaban J connectivity index is 1.89. The number of aryl methyl sites for hydroxylation is 3. The summed E-state index contributed by atoms with van der Waals surface area (Å²) < 4.78 is 5.67. The van der Waals surface area contributed by atoms with Gasteiger partial charge in [0.2, 0.25) is 0 Å². The average Bonchev–Trinajstić information content (AvgIpc) is 2.40. The van der Waals surface area contributed by atoms with E-state index in [-0.39, 0.29) is 18.6 Å². The second-order valence-corrected chi connectivity index (χ2v) is 6.04. The van der Waals surface area contributed by atoms with E-state index in [1.807, 2.05) is 32.9 Å². The highest BCUT2D eigenvalue weighted by atomic mass is 16.5. The summed E-state index contributed by atoms with van der Waals surface area (Å²) in [4.78, 5) is 12.0. The molecule has 2 N–H and O–H groups in total. The first-order valence-corrected chi connectivity index (χ1v) is 7.65. The van der Waals surface area contributed by atoms with Crippen LogP contribution in [0.15, 0.2) is 12.1 Å². The Morgan fingerprint density at radius 3 is 2.48 bits per heavy atom. The Morgan fingerprint density at radius 2 is 1.86 bits per heavy atom. The van der Waals surface area contributed by atoms with Crippen LogP contribution in [0.25, 0.3) is 0 Å². The molecule has 0 unspecified atom stereocenters. The van der Waals surface area contributed by atoms with Gasteiger partial charge in [-0.25, -0.2) is 0 Å². The number of hydrogen-bond acceptors (Lipinski definition) is 3. The second kappa shape index (κ2) is 6.94. The van der Waals surface area contributed by atoms with E-state index in [4.69, 9.17) is 4.74 Å². The lowest BCUT2D eigenvalue weighted by Crippen LogP contribution is -2.46. The topological polar surface area (TPSA) is 58.6 Å². The van der Waals surface area contributed by atoms with Crippen LogP contribution in [0.2, 0.25) is 0 Å². The first-order chi connectivity index (χ1) is 9.97. The van der Waals surface area contributed by atoms with E-state index in [1.54, 1.807) is 0 Å². The molecule has 1 aliphatic rings. The van der Waals surface area contributed by atoms with E-state index in [0.717, 1.165) is 42.6 Å². The fourth-order valence-corrected chi connectivity index (χ4v) is 3.06. The quantitative estimate of drug-likeness (QED) is 0.895. The van der Waals surface area contributed by atoms with Gasteiger partial charge >= 0.3 is 0 Å². The molecule has 1 fully saturated rings. The fraction of sp³-hybridized carbons (Fsp3) is 0.588. The Hall–Kier alpha value is -1.55. The lowest BCUT2D eigenvalue weighted by molar-refractivity contribution is -0.125. The smallest absolute Gasteiger partial charge is 0.258 e. The largest absolute Gasteiger partial charge is 0.483 e. The molecular weight excluding hydrogens is 266 g/mol. The van der Waals surface area contributed by atoms with Crippen molar-refractivity contribution in [2.24, 2.45) is 0 Å². The molecule has 1 aromatic rings. The van der Waals surface area contributed by atoms with E-state index in [1.165, 1.54) is 5.56 Å². The molecule has 0 heterocycles. The van der Waals surface area contributed by atoms with Crippen molar-refractivity contribution in [2.75, 3.05) is 6.61 Å². The van der Waals surface area contributed by atoms with Crippen LogP contribution in [-0.4, -0.2) is 29.8 Å². The fourth-order valence-electron chi connectivity index (χ4n) is 3.06. The highest BCUT2D eigenvalue weighted by Gasteiger charge is 2.24. The number of aliphatic hydroxyl groups is 1. The number of carbonyl (C=O) groups is 1. The number of benzene rings is 1. The summed E-state index contributed by atoms with van der Waals surface area (Å²) in [6.07, 6.45) is 3.27. The number of aliphatic hydroxyl groups excluding tert-OH is 1. The van der Waals surface area contributed by atoms with E-state index >= 15 is 0 Å². The number of amides is 1. The highest BCUT2D eigenvalue weighted by molar-refractivity contribution is 5.78. The number of hydrogen-bond donors (Lipinski definition) is 2. The van der Waals surface area contributed by atoms with Crippen LogP contribution >= 0.6 is 0 Å². The summed E-state index contributed by atoms with van der Waals surface area (Å²) in [5.74, 6) is 0.611. The Kier molecular flexibility index (Phi) is 5.23. The first-order valence-electron chi connectivity index (χ1n) is 7.65. The molecule has 4 heteroatoms. The number of carbonyl (C=O) groups excluding carboxylic acids is 1. The van der Waals surface area contributed by atoms with Gasteiger partial charge in [0.15, 0.2) is 6.61 Å². The zero-order valence-electron chi connectivity index (χ0n) is 13.1. The van der Waals surface area contributed by atoms with E-state index in [2.05, 4.69) is 5.32 Å². The third kappa shape index (κ3) is 4.21. The minimum absolute atomic E-state index is 0.00599. The van der Waals surface area contributed by atoms with Crippen molar-refractivity contribution in [1.29, 1.82) is 0 Å². The van der Waals surface area contributed by atoms with Crippen LogP contribution in [0.4, 0.5) is 0 Å². The summed E-state index contributed by atoms with van der Waals surface area (Å²) in [7, 11) is 0. The van der Waals surface area contributed by atoms with Gasteiger partial charge in [0.05, 0.1) is 12.1 Å². The second-order valence-electron chi connectivity index (χ2n) is 6.04. The molecule has 0 bridgehead atoms. The van der Waals surface area contributed by atoms with Crippen molar-refractivity contribution >= 4 is 5.91 Å². The van der Waals surface area contributed by atoms with Crippen LogP contribution in [0, 0.1) is 20.8 Å².